The third-order valence-electron chi connectivity index (χ3n) is 1.35. The Hall–Kier alpha value is 0.134. The van der Waals surface area contributed by atoms with Crippen molar-refractivity contribution in [3.63, 3.8) is 0 Å². The van der Waals surface area contributed by atoms with Crippen LogP contribution in [-0.4, -0.2) is 17.4 Å². The smallest absolute Gasteiger partial charge is 0.197 e. The van der Waals surface area contributed by atoms with E-state index in [9.17, 15) is 0 Å². The van der Waals surface area contributed by atoms with Crippen molar-refractivity contribution >= 4 is 17.4 Å². The van der Waals surface area contributed by atoms with Crippen molar-refractivity contribution in [2.75, 3.05) is 0 Å². The Balaban J connectivity index is 2.29. The highest BCUT2D eigenvalue weighted by atomic mass is 28.4. The van der Waals surface area contributed by atoms with Gasteiger partial charge in [-0.1, -0.05) is 5.70 Å². The molecule has 0 atom stereocenters. The van der Waals surface area contributed by atoms with Crippen LogP contribution < -0.4 is 0 Å². The highest BCUT2D eigenvalue weighted by Crippen LogP contribution is 2.26. The number of hydrogen-bond acceptors (Lipinski definition) is 1. The van der Waals surface area contributed by atoms with Gasteiger partial charge in [-0.2, -0.15) is 0 Å². The maximum absolute atomic E-state index is 5.82. The topological polar surface area (TPSA) is 9.23 Å². The Morgan fingerprint density at radius 1 is 1.56 bits per heavy atom. The summed E-state index contributed by atoms with van der Waals surface area (Å²) in [6, 6.07) is 2.74. The normalized spacial score (nSPS) is 19.8. The van der Waals surface area contributed by atoms with Crippen LogP contribution in [0.5, 0.6) is 0 Å². The highest BCUT2D eigenvalue weighted by molar-refractivity contribution is 6.84. The van der Waals surface area contributed by atoms with Crippen molar-refractivity contribution in [2.45, 2.75) is 25.2 Å². The van der Waals surface area contributed by atoms with Crippen LogP contribution in [0.4, 0.5) is 0 Å². The molecular formula is C6H13OSi2. The summed E-state index contributed by atoms with van der Waals surface area (Å²) in [6.07, 6.45) is 0. The molecule has 1 radical (unpaired) electrons. The van der Waals surface area contributed by atoms with Crippen LogP contribution in [0, 0.1) is 0 Å². The van der Waals surface area contributed by atoms with Gasteiger partial charge in [-0.15, -0.1) is 6.58 Å². The molecule has 1 aliphatic heterocycles. The second kappa shape index (κ2) is 2.40. The van der Waals surface area contributed by atoms with Crippen molar-refractivity contribution in [1.82, 2.24) is 0 Å². The fourth-order valence-corrected chi connectivity index (χ4v) is 5.10. The minimum Gasteiger partial charge on any atom is -0.452 e. The Morgan fingerprint density at radius 2 is 2.11 bits per heavy atom. The first-order valence-corrected chi connectivity index (χ1v) is 8.12. The first kappa shape index (κ1) is 7.24. The average Bonchev–Trinajstić information content (AvgIpc) is 2.50. The summed E-state index contributed by atoms with van der Waals surface area (Å²) >= 11 is 0. The Kier molecular flexibility index (Phi) is 1.93. The number of rotatable bonds is 3. The summed E-state index contributed by atoms with van der Waals surface area (Å²) < 4.78 is 5.82. The van der Waals surface area contributed by atoms with Crippen LogP contribution >= 0.6 is 0 Å². The molecule has 0 spiro atoms. The van der Waals surface area contributed by atoms with E-state index in [4.69, 9.17) is 4.12 Å². The van der Waals surface area contributed by atoms with Gasteiger partial charge in [0.15, 0.2) is 17.4 Å². The average molecular weight is 157 g/mol. The molecule has 1 fully saturated rings. The van der Waals surface area contributed by atoms with Crippen LogP contribution in [0.2, 0.25) is 25.2 Å². The first-order valence-electron chi connectivity index (χ1n) is 3.31. The fraction of sp³-hybridized carbons (Fsp3) is 0.667. The van der Waals surface area contributed by atoms with Gasteiger partial charge in [-0.05, 0) is 25.2 Å². The molecule has 0 N–H and O–H groups in total. The van der Waals surface area contributed by atoms with Crippen molar-refractivity contribution in [2.24, 2.45) is 0 Å². The van der Waals surface area contributed by atoms with Crippen LogP contribution in [0.15, 0.2) is 12.3 Å². The van der Waals surface area contributed by atoms with Gasteiger partial charge in [0.25, 0.3) is 0 Å². The number of hydrogen-bond donors (Lipinski definition) is 0. The van der Waals surface area contributed by atoms with Crippen molar-refractivity contribution in [1.29, 1.82) is 0 Å². The van der Waals surface area contributed by atoms with Crippen LogP contribution in [0.3, 0.4) is 0 Å². The van der Waals surface area contributed by atoms with E-state index in [1.807, 2.05) is 5.70 Å². The van der Waals surface area contributed by atoms with Gasteiger partial charge in [-0.3, -0.25) is 0 Å². The van der Waals surface area contributed by atoms with E-state index < -0.39 is 8.32 Å². The Morgan fingerprint density at radius 3 is 2.44 bits per heavy atom. The molecule has 9 heavy (non-hydrogen) atoms. The lowest BCUT2D eigenvalue weighted by Gasteiger charge is -2.17. The predicted molar refractivity (Wildman–Crippen MR) is 44.1 cm³/mol. The fourth-order valence-electron chi connectivity index (χ4n) is 0.567. The summed E-state index contributed by atoms with van der Waals surface area (Å²) in [5.74, 6) is 0. The molecule has 0 unspecified atom stereocenters. The van der Waals surface area contributed by atoms with E-state index in [2.05, 4.69) is 19.7 Å². The highest BCUT2D eigenvalue weighted by Gasteiger charge is 2.32. The first-order chi connectivity index (χ1) is 4.14. The van der Waals surface area contributed by atoms with E-state index in [0.29, 0.717) is 0 Å². The summed E-state index contributed by atoms with van der Waals surface area (Å²) in [4.78, 5) is 0. The molecule has 0 bridgehead atoms. The third kappa shape index (κ3) is 2.47. The lowest BCUT2D eigenvalue weighted by atomic mass is 11.0. The van der Waals surface area contributed by atoms with Crippen LogP contribution in [-0.2, 0) is 4.12 Å². The Labute approximate surface area is 59.6 Å². The van der Waals surface area contributed by atoms with E-state index in [1.54, 1.807) is 0 Å². The molecule has 0 aliphatic carbocycles. The van der Waals surface area contributed by atoms with Gasteiger partial charge >= 0.3 is 0 Å². The van der Waals surface area contributed by atoms with E-state index in [0.717, 1.165) is 0 Å². The summed E-state index contributed by atoms with van der Waals surface area (Å²) in [6.45, 7) is 8.17. The lowest BCUT2D eigenvalue weighted by molar-refractivity contribution is 0.603. The maximum Gasteiger partial charge on any atom is 0.197 e. The van der Waals surface area contributed by atoms with Gasteiger partial charge in [0.2, 0.25) is 0 Å². The molecule has 1 rings (SSSR count). The van der Waals surface area contributed by atoms with Gasteiger partial charge in [0.05, 0.1) is 0 Å². The lowest BCUT2D eigenvalue weighted by Crippen LogP contribution is -2.29. The molecule has 0 aromatic rings. The molecular weight excluding hydrogens is 144 g/mol. The van der Waals surface area contributed by atoms with Crippen molar-refractivity contribution in [3.8, 4) is 0 Å². The summed E-state index contributed by atoms with van der Waals surface area (Å²) in [7, 11) is -1.63. The molecule has 1 aliphatic rings. The van der Waals surface area contributed by atoms with E-state index >= 15 is 0 Å². The Bertz CT molecular complexity index is 118. The SMILES string of the molecule is C=C[Si](C)(C)O[Si]1CC1. The molecule has 51 valence electrons. The molecule has 1 saturated heterocycles. The monoisotopic (exact) mass is 157 g/mol. The maximum atomic E-state index is 5.82. The minimum absolute atomic E-state index is 0.263. The second-order valence-electron chi connectivity index (χ2n) is 2.95. The molecule has 0 saturated carbocycles. The second-order valence-corrected chi connectivity index (χ2v) is 9.46. The molecule has 1 heterocycles. The summed E-state index contributed by atoms with van der Waals surface area (Å²) in [5, 5.41) is 0. The molecule has 3 heteroatoms. The molecule has 0 aromatic carbocycles. The van der Waals surface area contributed by atoms with Gasteiger partial charge in [0, 0.05) is 0 Å². The molecule has 0 aromatic heterocycles. The third-order valence-corrected chi connectivity index (χ3v) is 6.50. The van der Waals surface area contributed by atoms with Crippen molar-refractivity contribution < 1.29 is 4.12 Å². The molecule has 1 nitrogen and oxygen atoms in total. The quantitative estimate of drug-likeness (QED) is 0.569. The minimum atomic E-state index is -1.37. The largest absolute Gasteiger partial charge is 0.452 e. The van der Waals surface area contributed by atoms with Gasteiger partial charge < -0.3 is 4.12 Å². The zero-order valence-corrected chi connectivity index (χ0v) is 8.11. The summed E-state index contributed by atoms with van der Waals surface area (Å²) in [5.41, 5.74) is 2.02. The van der Waals surface area contributed by atoms with Crippen LogP contribution in [0.25, 0.3) is 0 Å². The van der Waals surface area contributed by atoms with E-state index in [-0.39, 0.29) is 9.04 Å². The zero-order chi connectivity index (χ0) is 6.91. The standard InChI is InChI=1S/C6H13OSi2/c1-4-9(2,3)7-8-5-6-8/h4H,1,5-6H2,2-3H3. The van der Waals surface area contributed by atoms with Crippen molar-refractivity contribution in [3.05, 3.63) is 12.3 Å². The predicted octanol–water partition coefficient (Wildman–Crippen LogP) is 1.94. The van der Waals surface area contributed by atoms with Gasteiger partial charge in [0.1, 0.15) is 0 Å². The zero-order valence-electron chi connectivity index (χ0n) is 6.11. The van der Waals surface area contributed by atoms with Gasteiger partial charge in [-0.25, -0.2) is 0 Å². The van der Waals surface area contributed by atoms with E-state index in [1.165, 1.54) is 12.1 Å². The van der Waals surface area contributed by atoms with Crippen LogP contribution in [0.1, 0.15) is 0 Å². The molecule has 0 amide bonds.